The molecule has 0 aliphatic carbocycles. The summed E-state index contributed by atoms with van der Waals surface area (Å²) in [6.07, 6.45) is 1.61. The van der Waals surface area contributed by atoms with Gasteiger partial charge in [-0.05, 0) is 18.1 Å². The number of carbonyl (C=O) groups is 1. The molecule has 1 heterocycles. The number of fused-ring (bicyclic) bond motifs is 1. The number of hydrogen-bond acceptors (Lipinski definition) is 3. The molecular formula is C14H18FN3O2. The van der Waals surface area contributed by atoms with Crippen LogP contribution in [-0.2, 0) is 0 Å². The van der Waals surface area contributed by atoms with Crippen LogP contribution in [0.5, 0.6) is 0 Å². The summed E-state index contributed by atoms with van der Waals surface area (Å²) in [6, 6.07) is 2.43. The molecule has 2 rings (SSSR count). The molecule has 0 spiro atoms. The van der Waals surface area contributed by atoms with E-state index in [4.69, 9.17) is 0 Å². The van der Waals surface area contributed by atoms with E-state index < -0.39 is 17.8 Å². The minimum atomic E-state index is -0.618. The summed E-state index contributed by atoms with van der Waals surface area (Å²) >= 11 is 0. The van der Waals surface area contributed by atoms with Crippen molar-refractivity contribution in [3.63, 3.8) is 0 Å². The number of aliphatic hydroxyl groups is 1. The van der Waals surface area contributed by atoms with Gasteiger partial charge in [-0.3, -0.25) is 4.79 Å². The van der Waals surface area contributed by atoms with Gasteiger partial charge in [-0.15, -0.1) is 0 Å². The first-order chi connectivity index (χ1) is 9.52. The first kappa shape index (κ1) is 14.5. The smallest absolute Gasteiger partial charge is 0.253 e. The number of rotatable bonds is 5. The molecular weight excluding hydrogens is 261 g/mol. The SMILES string of the molecule is CCC(C)C(O)CNC(=O)c1cc(F)cc2[nH]cnc12. The number of imidazole rings is 1. The number of carbonyl (C=O) groups excluding carboxylic acids is 1. The molecule has 0 fully saturated rings. The van der Waals surface area contributed by atoms with E-state index in [1.165, 1.54) is 12.4 Å². The number of H-pyrrole nitrogens is 1. The van der Waals surface area contributed by atoms with Crippen LogP contribution >= 0.6 is 0 Å². The lowest BCUT2D eigenvalue weighted by Gasteiger charge is -2.17. The van der Waals surface area contributed by atoms with Gasteiger partial charge in [0.05, 0.1) is 23.5 Å². The normalized spacial score (nSPS) is 14.2. The Hall–Kier alpha value is -1.95. The highest BCUT2D eigenvalue weighted by atomic mass is 19.1. The van der Waals surface area contributed by atoms with Crippen LogP contribution in [0, 0.1) is 11.7 Å². The Labute approximate surface area is 116 Å². The van der Waals surface area contributed by atoms with Gasteiger partial charge in [0.15, 0.2) is 0 Å². The lowest BCUT2D eigenvalue weighted by molar-refractivity contribution is 0.0851. The van der Waals surface area contributed by atoms with Crippen molar-refractivity contribution in [2.75, 3.05) is 6.54 Å². The predicted octanol–water partition coefficient (Wildman–Crippen LogP) is 1.84. The molecule has 2 unspecified atom stereocenters. The van der Waals surface area contributed by atoms with Crippen LogP contribution in [0.15, 0.2) is 18.5 Å². The minimum Gasteiger partial charge on any atom is -0.391 e. The molecule has 1 aromatic carbocycles. The topological polar surface area (TPSA) is 78.0 Å². The number of aromatic amines is 1. The highest BCUT2D eigenvalue weighted by Gasteiger charge is 2.17. The second-order valence-corrected chi connectivity index (χ2v) is 4.91. The second kappa shape index (κ2) is 6.00. The van der Waals surface area contributed by atoms with Crippen molar-refractivity contribution in [3.8, 4) is 0 Å². The van der Waals surface area contributed by atoms with Crippen LogP contribution in [-0.4, -0.2) is 33.6 Å². The summed E-state index contributed by atoms with van der Waals surface area (Å²) in [4.78, 5) is 18.9. The molecule has 0 saturated heterocycles. The quantitative estimate of drug-likeness (QED) is 0.781. The zero-order valence-corrected chi connectivity index (χ0v) is 11.5. The number of nitrogens with zero attached hydrogens (tertiary/aromatic N) is 1. The standard InChI is InChI=1S/C14H18FN3O2/c1-3-8(2)12(19)6-16-14(20)10-4-9(15)5-11-13(10)18-7-17-11/h4-5,7-8,12,19H,3,6H2,1-2H3,(H,16,20)(H,17,18). The average Bonchev–Trinajstić information content (AvgIpc) is 2.90. The summed E-state index contributed by atoms with van der Waals surface area (Å²) in [6.45, 7) is 4.01. The maximum absolute atomic E-state index is 13.4. The van der Waals surface area contributed by atoms with E-state index in [2.05, 4.69) is 15.3 Å². The predicted molar refractivity (Wildman–Crippen MR) is 73.8 cm³/mol. The highest BCUT2D eigenvalue weighted by molar-refractivity contribution is 6.04. The molecule has 0 aliphatic heterocycles. The first-order valence-corrected chi connectivity index (χ1v) is 6.61. The average molecular weight is 279 g/mol. The molecule has 3 N–H and O–H groups in total. The number of benzene rings is 1. The molecule has 0 aliphatic rings. The number of aliphatic hydroxyl groups excluding tert-OH is 1. The Balaban J connectivity index is 2.13. The van der Waals surface area contributed by atoms with Crippen LogP contribution in [0.25, 0.3) is 11.0 Å². The molecule has 0 radical (unpaired) electrons. The summed E-state index contributed by atoms with van der Waals surface area (Å²) in [5.41, 5.74) is 1.05. The molecule has 20 heavy (non-hydrogen) atoms. The van der Waals surface area contributed by atoms with Crippen molar-refractivity contribution in [1.29, 1.82) is 0 Å². The van der Waals surface area contributed by atoms with Crippen LogP contribution in [0.1, 0.15) is 30.6 Å². The van der Waals surface area contributed by atoms with E-state index in [0.717, 1.165) is 12.5 Å². The third kappa shape index (κ3) is 2.96. The molecule has 2 aromatic rings. The van der Waals surface area contributed by atoms with E-state index in [9.17, 15) is 14.3 Å². The fourth-order valence-electron chi connectivity index (χ4n) is 1.95. The third-order valence-electron chi connectivity index (χ3n) is 3.51. The maximum atomic E-state index is 13.4. The second-order valence-electron chi connectivity index (χ2n) is 4.91. The van der Waals surface area contributed by atoms with Gasteiger partial charge in [-0.25, -0.2) is 9.37 Å². The highest BCUT2D eigenvalue weighted by Crippen LogP contribution is 2.17. The van der Waals surface area contributed by atoms with Gasteiger partial charge < -0.3 is 15.4 Å². The number of amides is 1. The lowest BCUT2D eigenvalue weighted by atomic mass is 10.0. The first-order valence-electron chi connectivity index (χ1n) is 6.61. The van der Waals surface area contributed by atoms with Gasteiger partial charge >= 0.3 is 0 Å². The molecule has 0 saturated carbocycles. The Bertz CT molecular complexity index is 611. The molecule has 6 heteroatoms. The zero-order chi connectivity index (χ0) is 14.7. The van der Waals surface area contributed by atoms with Crippen molar-refractivity contribution < 1.29 is 14.3 Å². The van der Waals surface area contributed by atoms with Crippen molar-refractivity contribution in [3.05, 3.63) is 29.8 Å². The number of aromatic nitrogens is 2. The van der Waals surface area contributed by atoms with Gasteiger partial charge in [0, 0.05) is 6.54 Å². The van der Waals surface area contributed by atoms with Crippen molar-refractivity contribution in [1.82, 2.24) is 15.3 Å². The van der Waals surface area contributed by atoms with E-state index in [1.807, 2.05) is 13.8 Å². The monoisotopic (exact) mass is 279 g/mol. The van der Waals surface area contributed by atoms with Gasteiger partial charge in [0.25, 0.3) is 5.91 Å². The number of hydrogen-bond donors (Lipinski definition) is 3. The summed E-state index contributed by atoms with van der Waals surface area (Å²) in [7, 11) is 0. The van der Waals surface area contributed by atoms with Gasteiger partial charge in [0.1, 0.15) is 11.3 Å². The van der Waals surface area contributed by atoms with Crippen molar-refractivity contribution in [2.24, 2.45) is 5.92 Å². The van der Waals surface area contributed by atoms with Gasteiger partial charge in [-0.1, -0.05) is 20.3 Å². The Morgan fingerprint density at radius 1 is 1.55 bits per heavy atom. The Morgan fingerprint density at radius 2 is 2.30 bits per heavy atom. The van der Waals surface area contributed by atoms with Crippen molar-refractivity contribution >= 4 is 16.9 Å². The summed E-state index contributed by atoms with van der Waals surface area (Å²) in [5.74, 6) is -0.855. The van der Waals surface area contributed by atoms with E-state index in [0.29, 0.717) is 11.0 Å². The van der Waals surface area contributed by atoms with Crippen LogP contribution < -0.4 is 5.32 Å². The van der Waals surface area contributed by atoms with E-state index >= 15 is 0 Å². The van der Waals surface area contributed by atoms with Gasteiger partial charge in [0.2, 0.25) is 0 Å². The Kier molecular flexibility index (Phi) is 4.34. The van der Waals surface area contributed by atoms with Crippen LogP contribution in [0.2, 0.25) is 0 Å². The molecule has 5 nitrogen and oxygen atoms in total. The van der Waals surface area contributed by atoms with Crippen molar-refractivity contribution in [2.45, 2.75) is 26.4 Å². The molecule has 0 bridgehead atoms. The van der Waals surface area contributed by atoms with Crippen LogP contribution in [0.3, 0.4) is 0 Å². The maximum Gasteiger partial charge on any atom is 0.253 e. The Morgan fingerprint density at radius 3 is 3.00 bits per heavy atom. The fourth-order valence-corrected chi connectivity index (χ4v) is 1.95. The number of halogens is 1. The molecule has 1 aromatic heterocycles. The van der Waals surface area contributed by atoms with E-state index in [-0.39, 0.29) is 18.0 Å². The minimum absolute atomic E-state index is 0.0909. The zero-order valence-electron chi connectivity index (χ0n) is 11.5. The third-order valence-corrected chi connectivity index (χ3v) is 3.51. The number of nitrogens with one attached hydrogen (secondary N) is 2. The fraction of sp³-hybridized carbons (Fsp3) is 0.429. The van der Waals surface area contributed by atoms with E-state index in [1.54, 1.807) is 0 Å². The van der Waals surface area contributed by atoms with Gasteiger partial charge in [-0.2, -0.15) is 0 Å². The largest absolute Gasteiger partial charge is 0.391 e. The summed E-state index contributed by atoms with van der Waals surface area (Å²) in [5, 5.41) is 12.4. The lowest BCUT2D eigenvalue weighted by Crippen LogP contribution is -2.35. The molecule has 1 amide bonds. The molecule has 108 valence electrons. The summed E-state index contributed by atoms with van der Waals surface area (Å²) < 4.78 is 13.4. The molecule has 2 atom stereocenters. The van der Waals surface area contributed by atoms with Crippen LogP contribution in [0.4, 0.5) is 4.39 Å².